The molecule has 2 N–H and O–H groups in total. The van der Waals surface area contributed by atoms with Crippen LogP contribution in [0.1, 0.15) is 31.9 Å². The lowest BCUT2D eigenvalue weighted by Gasteiger charge is -2.17. The molecule has 0 bridgehead atoms. The molecule has 0 fully saturated rings. The number of benzene rings is 1. The van der Waals surface area contributed by atoms with Crippen molar-refractivity contribution in [3.05, 3.63) is 29.8 Å². The molecule has 0 radical (unpaired) electrons. The van der Waals surface area contributed by atoms with E-state index in [-0.39, 0.29) is 6.04 Å². The molecule has 0 aliphatic carbocycles. The van der Waals surface area contributed by atoms with Gasteiger partial charge in [0, 0.05) is 25.8 Å². The largest absolute Gasteiger partial charge is 0.378 e. The van der Waals surface area contributed by atoms with E-state index in [4.69, 9.17) is 5.73 Å². The fourth-order valence-corrected chi connectivity index (χ4v) is 1.66. The lowest BCUT2D eigenvalue weighted by molar-refractivity contribution is 0.510. The molecule has 1 rings (SSSR count). The lowest BCUT2D eigenvalue weighted by atomic mass is 9.98. The van der Waals surface area contributed by atoms with Gasteiger partial charge in [0.1, 0.15) is 0 Å². The summed E-state index contributed by atoms with van der Waals surface area (Å²) >= 11 is 0. The third-order valence-corrected chi connectivity index (χ3v) is 2.56. The summed E-state index contributed by atoms with van der Waals surface area (Å²) in [6.45, 7) is 4.40. The molecule has 0 aliphatic heterocycles. The second kappa shape index (κ2) is 5.17. The highest BCUT2D eigenvalue weighted by Crippen LogP contribution is 2.21. The maximum Gasteiger partial charge on any atom is 0.0361 e. The van der Waals surface area contributed by atoms with Crippen molar-refractivity contribution in [3.8, 4) is 0 Å². The Bertz CT molecular complexity index is 288. The van der Waals surface area contributed by atoms with E-state index in [1.807, 2.05) is 14.1 Å². The zero-order chi connectivity index (χ0) is 11.4. The van der Waals surface area contributed by atoms with Gasteiger partial charge in [0.2, 0.25) is 0 Å². The Morgan fingerprint density at radius 2 is 1.67 bits per heavy atom. The highest BCUT2D eigenvalue weighted by atomic mass is 15.1. The van der Waals surface area contributed by atoms with E-state index in [0.717, 1.165) is 6.42 Å². The zero-order valence-electron chi connectivity index (χ0n) is 10.2. The molecule has 1 unspecified atom stereocenters. The van der Waals surface area contributed by atoms with Gasteiger partial charge in [-0.05, 0) is 30.0 Å². The average Bonchev–Trinajstić information content (AvgIpc) is 2.17. The van der Waals surface area contributed by atoms with Gasteiger partial charge in [-0.3, -0.25) is 0 Å². The number of hydrogen-bond acceptors (Lipinski definition) is 2. The van der Waals surface area contributed by atoms with E-state index in [1.165, 1.54) is 11.3 Å². The zero-order valence-corrected chi connectivity index (χ0v) is 10.2. The van der Waals surface area contributed by atoms with Crippen LogP contribution in [-0.2, 0) is 0 Å². The van der Waals surface area contributed by atoms with Gasteiger partial charge in [0.05, 0.1) is 0 Å². The average molecular weight is 206 g/mol. The molecule has 1 atom stereocenters. The van der Waals surface area contributed by atoms with Gasteiger partial charge in [0.15, 0.2) is 0 Å². The smallest absolute Gasteiger partial charge is 0.0361 e. The molecule has 0 heterocycles. The van der Waals surface area contributed by atoms with Crippen LogP contribution in [0, 0.1) is 5.92 Å². The normalized spacial score (nSPS) is 12.9. The fraction of sp³-hybridized carbons (Fsp3) is 0.538. The molecule has 2 heteroatoms. The summed E-state index contributed by atoms with van der Waals surface area (Å²) in [6.07, 6.45) is 1.04. The Hall–Kier alpha value is -1.02. The standard InChI is InChI=1S/C13H22N2/c1-10(2)9-13(14)11-5-7-12(8-6-11)15(3)4/h5-8,10,13H,9,14H2,1-4H3. The van der Waals surface area contributed by atoms with E-state index >= 15 is 0 Å². The van der Waals surface area contributed by atoms with Crippen LogP contribution in [0.3, 0.4) is 0 Å². The second-order valence-electron chi connectivity index (χ2n) is 4.72. The molecule has 2 nitrogen and oxygen atoms in total. The first kappa shape index (κ1) is 12.1. The van der Waals surface area contributed by atoms with Crippen LogP contribution in [0.25, 0.3) is 0 Å². The number of rotatable bonds is 4. The minimum absolute atomic E-state index is 0.168. The van der Waals surface area contributed by atoms with Gasteiger partial charge in [-0.15, -0.1) is 0 Å². The van der Waals surface area contributed by atoms with Crippen LogP contribution in [-0.4, -0.2) is 14.1 Å². The Balaban J connectivity index is 2.71. The molecular weight excluding hydrogens is 184 g/mol. The van der Waals surface area contributed by atoms with Crippen molar-refractivity contribution in [3.63, 3.8) is 0 Å². The maximum absolute atomic E-state index is 6.11. The summed E-state index contributed by atoms with van der Waals surface area (Å²) in [5, 5.41) is 0. The van der Waals surface area contributed by atoms with Gasteiger partial charge >= 0.3 is 0 Å². The summed E-state index contributed by atoms with van der Waals surface area (Å²) < 4.78 is 0. The molecule has 15 heavy (non-hydrogen) atoms. The predicted molar refractivity (Wildman–Crippen MR) is 67.2 cm³/mol. The molecule has 1 aromatic carbocycles. The van der Waals surface area contributed by atoms with Gasteiger partial charge in [-0.1, -0.05) is 26.0 Å². The van der Waals surface area contributed by atoms with Crippen molar-refractivity contribution in [2.75, 3.05) is 19.0 Å². The van der Waals surface area contributed by atoms with Crippen LogP contribution in [0.15, 0.2) is 24.3 Å². The Kier molecular flexibility index (Phi) is 4.15. The van der Waals surface area contributed by atoms with E-state index < -0.39 is 0 Å². The molecular formula is C13H22N2. The van der Waals surface area contributed by atoms with Crippen molar-refractivity contribution < 1.29 is 0 Å². The summed E-state index contributed by atoms with van der Waals surface area (Å²) in [6, 6.07) is 8.66. The van der Waals surface area contributed by atoms with Gasteiger partial charge in [-0.25, -0.2) is 0 Å². The van der Waals surface area contributed by atoms with E-state index in [2.05, 4.69) is 43.0 Å². The van der Waals surface area contributed by atoms with Crippen molar-refractivity contribution in [1.82, 2.24) is 0 Å². The second-order valence-corrected chi connectivity index (χ2v) is 4.72. The highest BCUT2D eigenvalue weighted by molar-refractivity contribution is 5.46. The van der Waals surface area contributed by atoms with Crippen LogP contribution < -0.4 is 10.6 Å². The van der Waals surface area contributed by atoms with E-state index in [0.29, 0.717) is 5.92 Å². The number of nitrogens with zero attached hydrogens (tertiary/aromatic N) is 1. The first-order valence-electron chi connectivity index (χ1n) is 5.53. The Morgan fingerprint density at radius 1 is 1.13 bits per heavy atom. The topological polar surface area (TPSA) is 29.3 Å². The SMILES string of the molecule is CC(C)CC(N)c1ccc(N(C)C)cc1. The van der Waals surface area contributed by atoms with Crippen LogP contribution >= 0.6 is 0 Å². The third kappa shape index (κ3) is 3.56. The van der Waals surface area contributed by atoms with Crippen LogP contribution in [0.4, 0.5) is 5.69 Å². The first-order valence-corrected chi connectivity index (χ1v) is 5.53. The monoisotopic (exact) mass is 206 g/mol. The van der Waals surface area contributed by atoms with Gasteiger partial charge in [0.25, 0.3) is 0 Å². The van der Waals surface area contributed by atoms with E-state index in [1.54, 1.807) is 0 Å². The predicted octanol–water partition coefficient (Wildman–Crippen LogP) is 2.80. The Labute approximate surface area is 93.1 Å². The molecule has 0 amide bonds. The molecule has 0 saturated carbocycles. The molecule has 0 aromatic heterocycles. The van der Waals surface area contributed by atoms with Crippen molar-refractivity contribution in [1.29, 1.82) is 0 Å². The lowest BCUT2D eigenvalue weighted by Crippen LogP contribution is -2.13. The maximum atomic E-state index is 6.11. The molecule has 84 valence electrons. The van der Waals surface area contributed by atoms with Gasteiger partial charge < -0.3 is 10.6 Å². The summed E-state index contributed by atoms with van der Waals surface area (Å²) in [4.78, 5) is 2.09. The van der Waals surface area contributed by atoms with Gasteiger partial charge in [-0.2, -0.15) is 0 Å². The molecule has 0 aliphatic rings. The molecule has 0 saturated heterocycles. The number of nitrogens with two attached hydrogens (primary N) is 1. The van der Waals surface area contributed by atoms with Crippen molar-refractivity contribution >= 4 is 5.69 Å². The minimum atomic E-state index is 0.168. The quantitative estimate of drug-likeness (QED) is 0.820. The summed E-state index contributed by atoms with van der Waals surface area (Å²) in [5.74, 6) is 0.647. The highest BCUT2D eigenvalue weighted by Gasteiger charge is 2.08. The fourth-order valence-electron chi connectivity index (χ4n) is 1.66. The molecule has 0 spiro atoms. The third-order valence-electron chi connectivity index (χ3n) is 2.56. The first-order chi connectivity index (χ1) is 7.00. The Morgan fingerprint density at radius 3 is 2.07 bits per heavy atom. The van der Waals surface area contributed by atoms with Crippen LogP contribution in [0.2, 0.25) is 0 Å². The number of hydrogen-bond donors (Lipinski definition) is 1. The minimum Gasteiger partial charge on any atom is -0.378 e. The van der Waals surface area contributed by atoms with Crippen molar-refractivity contribution in [2.24, 2.45) is 11.7 Å². The summed E-state index contributed by atoms with van der Waals surface area (Å²) in [7, 11) is 4.09. The number of anilines is 1. The van der Waals surface area contributed by atoms with Crippen molar-refractivity contribution in [2.45, 2.75) is 26.3 Å². The molecule has 1 aromatic rings. The van der Waals surface area contributed by atoms with E-state index in [9.17, 15) is 0 Å². The van der Waals surface area contributed by atoms with Crippen LogP contribution in [0.5, 0.6) is 0 Å². The summed E-state index contributed by atoms with van der Waals surface area (Å²) in [5.41, 5.74) is 8.56.